The van der Waals surface area contributed by atoms with Gasteiger partial charge in [0.25, 0.3) is 0 Å². The Labute approximate surface area is 128 Å². The second kappa shape index (κ2) is 7.14. The molecule has 0 radical (unpaired) electrons. The smallest absolute Gasteiger partial charge is 0.376 e. The topological polar surface area (TPSA) is 50.8 Å². The molecule has 128 valence electrons. The van der Waals surface area contributed by atoms with Crippen LogP contribution in [0.5, 0.6) is 0 Å². The van der Waals surface area contributed by atoms with Gasteiger partial charge in [-0.3, -0.25) is 9.69 Å². The van der Waals surface area contributed by atoms with Crippen molar-refractivity contribution < 1.29 is 27.4 Å². The van der Waals surface area contributed by atoms with E-state index in [-0.39, 0.29) is 44.5 Å². The molecular weight excluding hydrogens is 301 g/mol. The van der Waals surface area contributed by atoms with E-state index in [2.05, 4.69) is 5.32 Å². The predicted molar refractivity (Wildman–Crippen MR) is 73.5 cm³/mol. The van der Waals surface area contributed by atoms with Crippen LogP contribution in [0, 0.1) is 0 Å². The van der Waals surface area contributed by atoms with Gasteiger partial charge in [-0.25, -0.2) is 0 Å². The molecule has 2 aliphatic rings. The number of nitrogens with zero attached hydrogens (tertiary/aromatic N) is 1. The lowest BCUT2D eigenvalue weighted by Gasteiger charge is -2.41. The quantitative estimate of drug-likeness (QED) is 0.829. The summed E-state index contributed by atoms with van der Waals surface area (Å²) in [5, 5.41) is 2.78. The average molecular weight is 324 g/mol. The third kappa shape index (κ3) is 4.11. The summed E-state index contributed by atoms with van der Waals surface area (Å²) in [6.07, 6.45) is -2.67. The molecule has 0 spiro atoms. The number of likely N-dealkylation sites (tertiary alicyclic amines) is 1. The second-order valence-electron chi connectivity index (χ2n) is 5.91. The van der Waals surface area contributed by atoms with Crippen LogP contribution in [0.2, 0.25) is 0 Å². The predicted octanol–water partition coefficient (Wildman–Crippen LogP) is 1.32. The van der Waals surface area contributed by atoms with Gasteiger partial charge < -0.3 is 14.8 Å². The third-order valence-electron chi connectivity index (χ3n) is 4.49. The molecule has 1 unspecified atom stereocenters. The van der Waals surface area contributed by atoms with Crippen molar-refractivity contribution >= 4 is 5.91 Å². The fourth-order valence-corrected chi connectivity index (χ4v) is 2.97. The molecule has 2 fully saturated rings. The first-order valence-electron chi connectivity index (χ1n) is 7.59. The van der Waals surface area contributed by atoms with E-state index in [0.717, 1.165) is 26.6 Å². The molecule has 0 aliphatic carbocycles. The van der Waals surface area contributed by atoms with Gasteiger partial charge in [-0.1, -0.05) is 0 Å². The van der Waals surface area contributed by atoms with E-state index in [9.17, 15) is 18.0 Å². The number of halogens is 3. The van der Waals surface area contributed by atoms with Gasteiger partial charge in [0, 0.05) is 33.4 Å². The maximum absolute atomic E-state index is 13.0. The molecule has 8 heteroatoms. The summed E-state index contributed by atoms with van der Waals surface area (Å²) in [7, 11) is 1.09. The van der Waals surface area contributed by atoms with Gasteiger partial charge in [0.2, 0.25) is 5.91 Å². The molecule has 0 aromatic heterocycles. The van der Waals surface area contributed by atoms with Gasteiger partial charge in [0.15, 0.2) is 5.60 Å². The van der Waals surface area contributed by atoms with Crippen molar-refractivity contribution in [1.29, 1.82) is 0 Å². The maximum atomic E-state index is 13.0. The summed E-state index contributed by atoms with van der Waals surface area (Å²) in [5.41, 5.74) is -2.07. The Bertz CT molecular complexity index is 376. The zero-order valence-corrected chi connectivity index (χ0v) is 12.7. The number of ether oxygens (including phenoxy) is 2. The van der Waals surface area contributed by atoms with Crippen LogP contribution in [0.4, 0.5) is 13.2 Å². The molecule has 0 bridgehead atoms. The van der Waals surface area contributed by atoms with Gasteiger partial charge >= 0.3 is 6.18 Å². The lowest BCUT2D eigenvalue weighted by molar-refractivity contribution is -0.282. The van der Waals surface area contributed by atoms with Crippen LogP contribution in [0.3, 0.4) is 0 Å². The highest BCUT2D eigenvalue weighted by atomic mass is 19.4. The molecule has 0 aromatic rings. The fourth-order valence-electron chi connectivity index (χ4n) is 2.97. The van der Waals surface area contributed by atoms with Gasteiger partial charge in [-0.2, -0.15) is 13.2 Å². The minimum Gasteiger partial charge on any atom is -0.376 e. The largest absolute Gasteiger partial charge is 0.417 e. The summed E-state index contributed by atoms with van der Waals surface area (Å²) in [5.74, 6) is -0.174. The Morgan fingerprint density at radius 3 is 2.59 bits per heavy atom. The van der Waals surface area contributed by atoms with Crippen LogP contribution in [0.15, 0.2) is 0 Å². The average Bonchev–Trinajstić information content (AvgIpc) is 2.98. The zero-order chi connectivity index (χ0) is 16.2. The Balaban J connectivity index is 1.73. The molecule has 0 aromatic carbocycles. The molecule has 1 N–H and O–H groups in total. The second-order valence-corrected chi connectivity index (χ2v) is 5.91. The van der Waals surface area contributed by atoms with E-state index in [1.54, 1.807) is 4.90 Å². The van der Waals surface area contributed by atoms with Crippen LogP contribution in [-0.2, 0) is 14.3 Å². The van der Waals surface area contributed by atoms with Crippen LogP contribution in [0.25, 0.3) is 0 Å². The first-order chi connectivity index (χ1) is 10.4. The highest BCUT2D eigenvalue weighted by molar-refractivity contribution is 5.78. The fraction of sp³-hybridized carbons (Fsp3) is 0.929. The molecule has 2 rings (SSSR count). The number of hydrogen-bond acceptors (Lipinski definition) is 4. The summed E-state index contributed by atoms with van der Waals surface area (Å²) < 4.78 is 49.3. The van der Waals surface area contributed by atoms with Crippen molar-refractivity contribution in [1.82, 2.24) is 10.2 Å². The zero-order valence-electron chi connectivity index (χ0n) is 12.7. The Kier molecular flexibility index (Phi) is 5.68. The molecule has 5 nitrogen and oxygen atoms in total. The minimum atomic E-state index is -4.38. The van der Waals surface area contributed by atoms with Gasteiger partial charge in [0.05, 0.1) is 12.6 Å². The van der Waals surface area contributed by atoms with Crippen molar-refractivity contribution in [2.24, 2.45) is 0 Å². The third-order valence-corrected chi connectivity index (χ3v) is 4.49. The Morgan fingerprint density at radius 2 is 2.09 bits per heavy atom. The van der Waals surface area contributed by atoms with E-state index in [1.165, 1.54) is 0 Å². The van der Waals surface area contributed by atoms with Crippen molar-refractivity contribution in [3.63, 3.8) is 0 Å². The van der Waals surface area contributed by atoms with Crippen molar-refractivity contribution in [3.05, 3.63) is 0 Å². The van der Waals surface area contributed by atoms with E-state index in [1.807, 2.05) is 0 Å². The number of carbonyl (C=O) groups excluding carboxylic acids is 1. The highest BCUT2D eigenvalue weighted by Gasteiger charge is 2.56. The molecule has 1 atom stereocenters. The number of piperidine rings is 1. The molecule has 2 aliphatic heterocycles. The normalized spacial score (nSPS) is 26.1. The first kappa shape index (κ1) is 17.5. The minimum absolute atomic E-state index is 0.0664. The van der Waals surface area contributed by atoms with Gasteiger partial charge in [0.1, 0.15) is 0 Å². The number of carbonyl (C=O) groups is 1. The molecule has 2 saturated heterocycles. The van der Waals surface area contributed by atoms with Crippen LogP contribution < -0.4 is 5.32 Å². The van der Waals surface area contributed by atoms with E-state index in [0.29, 0.717) is 6.54 Å². The SMILES string of the molecule is COC1(C(F)(F)F)CCN(CC(=O)NCC2CCCO2)CC1. The molecule has 22 heavy (non-hydrogen) atoms. The number of amides is 1. The van der Waals surface area contributed by atoms with E-state index < -0.39 is 11.8 Å². The number of alkyl halides is 3. The number of methoxy groups -OCH3 is 1. The van der Waals surface area contributed by atoms with Crippen LogP contribution in [-0.4, -0.2) is 68.6 Å². The number of hydrogen-bond donors (Lipinski definition) is 1. The van der Waals surface area contributed by atoms with Crippen molar-refractivity contribution in [2.45, 2.75) is 43.6 Å². The standard InChI is InChI=1S/C14H23F3N2O3/c1-21-13(14(15,16)17)4-6-19(7-5-13)10-12(20)18-9-11-3-2-8-22-11/h11H,2-10H2,1H3,(H,18,20). The summed E-state index contributed by atoms with van der Waals surface area (Å²) in [4.78, 5) is 13.6. The molecule has 2 heterocycles. The van der Waals surface area contributed by atoms with E-state index >= 15 is 0 Å². The van der Waals surface area contributed by atoms with Crippen molar-refractivity contribution in [3.8, 4) is 0 Å². The lowest BCUT2D eigenvalue weighted by atomic mass is 9.90. The van der Waals surface area contributed by atoms with Crippen LogP contribution in [0.1, 0.15) is 25.7 Å². The summed E-state index contributed by atoms with van der Waals surface area (Å²) in [6.45, 7) is 1.70. The number of rotatable bonds is 5. The number of nitrogens with one attached hydrogen (secondary N) is 1. The Hall–Kier alpha value is -0.860. The molecule has 1 amide bonds. The van der Waals surface area contributed by atoms with Gasteiger partial charge in [-0.05, 0) is 25.7 Å². The first-order valence-corrected chi connectivity index (χ1v) is 7.59. The maximum Gasteiger partial charge on any atom is 0.417 e. The van der Waals surface area contributed by atoms with Crippen LogP contribution >= 0.6 is 0 Å². The van der Waals surface area contributed by atoms with E-state index in [4.69, 9.17) is 9.47 Å². The monoisotopic (exact) mass is 324 g/mol. The Morgan fingerprint density at radius 1 is 1.41 bits per heavy atom. The molecule has 0 saturated carbocycles. The summed E-state index contributed by atoms with van der Waals surface area (Å²) >= 11 is 0. The van der Waals surface area contributed by atoms with Crippen molar-refractivity contribution in [2.75, 3.05) is 39.9 Å². The molecular formula is C14H23F3N2O3. The lowest BCUT2D eigenvalue weighted by Crippen LogP contribution is -2.55. The highest BCUT2D eigenvalue weighted by Crippen LogP contribution is 2.40. The summed E-state index contributed by atoms with van der Waals surface area (Å²) in [6, 6.07) is 0. The van der Waals surface area contributed by atoms with Gasteiger partial charge in [-0.15, -0.1) is 0 Å².